The van der Waals surface area contributed by atoms with Crippen LogP contribution >= 0.6 is 23.8 Å². The number of benzene rings is 1. The van der Waals surface area contributed by atoms with Crippen molar-refractivity contribution in [2.45, 2.75) is 6.61 Å². The maximum absolute atomic E-state index is 6.04. The summed E-state index contributed by atoms with van der Waals surface area (Å²) >= 11 is 10.9. The van der Waals surface area contributed by atoms with Crippen molar-refractivity contribution in [3.8, 4) is 5.75 Å². The first-order valence-electron chi connectivity index (χ1n) is 5.29. The molecule has 0 radical (unpaired) electrons. The second kappa shape index (κ2) is 5.80. The van der Waals surface area contributed by atoms with Crippen molar-refractivity contribution in [2.75, 3.05) is 0 Å². The number of thiocarbonyl (C=S) groups is 1. The molecule has 0 fully saturated rings. The maximum atomic E-state index is 6.04. The van der Waals surface area contributed by atoms with Crippen LogP contribution in [-0.2, 0) is 6.61 Å². The van der Waals surface area contributed by atoms with Crippen LogP contribution in [0.1, 0.15) is 11.3 Å². The molecule has 0 bridgehead atoms. The molecule has 18 heavy (non-hydrogen) atoms. The van der Waals surface area contributed by atoms with Crippen LogP contribution in [0.15, 0.2) is 42.6 Å². The van der Waals surface area contributed by atoms with Gasteiger partial charge in [0.15, 0.2) is 0 Å². The molecule has 0 aliphatic carbocycles. The Labute approximate surface area is 116 Å². The minimum atomic E-state index is 0.274. The Morgan fingerprint density at radius 3 is 2.78 bits per heavy atom. The molecule has 2 N–H and O–H groups in total. The van der Waals surface area contributed by atoms with Crippen molar-refractivity contribution in [1.29, 1.82) is 0 Å². The predicted molar refractivity (Wildman–Crippen MR) is 75.9 cm³/mol. The normalized spacial score (nSPS) is 10.1. The summed E-state index contributed by atoms with van der Waals surface area (Å²) in [6.07, 6.45) is 1.72. The average molecular weight is 279 g/mol. The number of hydrogen-bond acceptors (Lipinski definition) is 3. The number of ether oxygens (including phenoxy) is 1. The van der Waals surface area contributed by atoms with E-state index < -0.39 is 0 Å². The van der Waals surface area contributed by atoms with Gasteiger partial charge in [0.1, 0.15) is 17.3 Å². The lowest BCUT2D eigenvalue weighted by atomic mass is 10.2. The van der Waals surface area contributed by atoms with Gasteiger partial charge >= 0.3 is 0 Å². The van der Waals surface area contributed by atoms with Crippen LogP contribution < -0.4 is 10.5 Å². The number of hydrogen-bond donors (Lipinski definition) is 1. The van der Waals surface area contributed by atoms with Crippen LogP contribution in [0.25, 0.3) is 0 Å². The van der Waals surface area contributed by atoms with E-state index in [0.29, 0.717) is 22.9 Å². The largest absolute Gasteiger partial charge is 0.487 e. The van der Waals surface area contributed by atoms with E-state index in [1.54, 1.807) is 24.4 Å². The maximum Gasteiger partial charge on any atom is 0.130 e. The van der Waals surface area contributed by atoms with Crippen LogP contribution in [0.4, 0.5) is 0 Å². The number of rotatable bonds is 4. The lowest BCUT2D eigenvalue weighted by Gasteiger charge is -2.08. The van der Waals surface area contributed by atoms with Crippen molar-refractivity contribution in [1.82, 2.24) is 4.98 Å². The lowest BCUT2D eigenvalue weighted by Crippen LogP contribution is -2.10. The van der Waals surface area contributed by atoms with Gasteiger partial charge in [0.2, 0.25) is 0 Å². The molecule has 1 heterocycles. The van der Waals surface area contributed by atoms with Crippen molar-refractivity contribution < 1.29 is 4.74 Å². The molecule has 2 rings (SSSR count). The molecule has 0 aliphatic rings. The molecule has 0 aliphatic heterocycles. The fraction of sp³-hybridized carbons (Fsp3) is 0.0769. The SMILES string of the molecule is NC(=S)c1ccc(OCc2ccccn2)cc1Cl. The average Bonchev–Trinajstić information content (AvgIpc) is 2.37. The molecule has 3 nitrogen and oxygen atoms in total. The fourth-order valence-corrected chi connectivity index (χ4v) is 1.93. The molecule has 0 saturated heterocycles. The fourth-order valence-electron chi connectivity index (χ4n) is 1.43. The van der Waals surface area contributed by atoms with Crippen molar-refractivity contribution >= 4 is 28.8 Å². The molecular formula is C13H11ClN2OS. The number of nitrogens with two attached hydrogens (primary N) is 1. The molecule has 1 aromatic carbocycles. The third kappa shape index (κ3) is 3.18. The third-order valence-corrected chi connectivity index (χ3v) is 2.85. The van der Waals surface area contributed by atoms with Gasteiger partial charge < -0.3 is 10.5 Å². The molecule has 0 unspecified atom stereocenters. The summed E-state index contributed by atoms with van der Waals surface area (Å²) in [5, 5.41) is 0.487. The Balaban J connectivity index is 2.07. The minimum Gasteiger partial charge on any atom is -0.487 e. The van der Waals surface area contributed by atoms with Gasteiger partial charge in [0.05, 0.1) is 10.7 Å². The summed E-state index contributed by atoms with van der Waals surface area (Å²) in [5.74, 6) is 0.658. The van der Waals surface area contributed by atoms with E-state index in [1.807, 2.05) is 18.2 Å². The van der Waals surface area contributed by atoms with E-state index in [2.05, 4.69) is 4.98 Å². The Morgan fingerprint density at radius 1 is 1.33 bits per heavy atom. The summed E-state index contributed by atoms with van der Waals surface area (Å²) in [7, 11) is 0. The van der Waals surface area contributed by atoms with Crippen LogP contribution in [0.3, 0.4) is 0 Å². The quantitative estimate of drug-likeness (QED) is 0.874. The van der Waals surface area contributed by atoms with E-state index in [0.717, 1.165) is 5.69 Å². The molecule has 2 aromatic rings. The molecule has 0 atom stereocenters. The van der Waals surface area contributed by atoms with Gasteiger partial charge in [-0.15, -0.1) is 0 Å². The second-order valence-corrected chi connectivity index (χ2v) is 4.46. The molecule has 0 saturated carbocycles. The smallest absolute Gasteiger partial charge is 0.130 e. The number of halogens is 1. The van der Waals surface area contributed by atoms with E-state index in [9.17, 15) is 0 Å². The summed E-state index contributed by atoms with van der Waals surface area (Å²) in [6.45, 7) is 0.392. The first kappa shape index (κ1) is 12.8. The predicted octanol–water partition coefficient (Wildman–Crippen LogP) is 2.95. The van der Waals surface area contributed by atoms with E-state index in [4.69, 9.17) is 34.3 Å². The van der Waals surface area contributed by atoms with E-state index in [-0.39, 0.29) is 4.99 Å². The Bertz CT molecular complexity index is 560. The molecule has 0 amide bonds. The number of nitrogens with zero attached hydrogens (tertiary/aromatic N) is 1. The van der Waals surface area contributed by atoms with Gasteiger partial charge in [0, 0.05) is 11.8 Å². The highest BCUT2D eigenvalue weighted by atomic mass is 35.5. The summed E-state index contributed by atoms with van der Waals surface area (Å²) in [4.78, 5) is 4.44. The van der Waals surface area contributed by atoms with Crippen LogP contribution in [0, 0.1) is 0 Å². The second-order valence-electron chi connectivity index (χ2n) is 3.62. The Kier molecular flexibility index (Phi) is 4.12. The van der Waals surface area contributed by atoms with Crippen molar-refractivity contribution in [2.24, 2.45) is 5.73 Å². The Hall–Kier alpha value is -1.65. The van der Waals surface area contributed by atoms with Crippen LogP contribution in [0.2, 0.25) is 5.02 Å². The van der Waals surface area contributed by atoms with Gasteiger partial charge in [-0.2, -0.15) is 0 Å². The monoisotopic (exact) mass is 278 g/mol. The van der Waals surface area contributed by atoms with Gasteiger partial charge in [-0.25, -0.2) is 0 Å². The topological polar surface area (TPSA) is 48.1 Å². The Morgan fingerprint density at radius 2 is 2.17 bits per heavy atom. The first-order chi connectivity index (χ1) is 8.66. The molecule has 5 heteroatoms. The number of aromatic nitrogens is 1. The zero-order valence-electron chi connectivity index (χ0n) is 9.47. The van der Waals surface area contributed by atoms with E-state index in [1.165, 1.54) is 0 Å². The minimum absolute atomic E-state index is 0.274. The highest BCUT2D eigenvalue weighted by Gasteiger charge is 2.05. The zero-order valence-corrected chi connectivity index (χ0v) is 11.0. The zero-order chi connectivity index (χ0) is 13.0. The number of pyridine rings is 1. The highest BCUT2D eigenvalue weighted by Crippen LogP contribution is 2.23. The molecule has 1 aromatic heterocycles. The third-order valence-electron chi connectivity index (χ3n) is 2.32. The summed E-state index contributed by atoms with van der Waals surface area (Å²) in [6, 6.07) is 10.9. The standard InChI is InChI=1S/C13H11ClN2OS/c14-12-7-10(4-5-11(12)13(15)18)17-8-9-3-1-2-6-16-9/h1-7H,8H2,(H2,15,18). The van der Waals surface area contributed by atoms with Gasteiger partial charge in [-0.05, 0) is 30.3 Å². The first-order valence-corrected chi connectivity index (χ1v) is 6.07. The van der Waals surface area contributed by atoms with Crippen LogP contribution in [0.5, 0.6) is 5.75 Å². The van der Waals surface area contributed by atoms with Crippen molar-refractivity contribution in [3.05, 3.63) is 58.9 Å². The van der Waals surface area contributed by atoms with Gasteiger partial charge in [-0.3, -0.25) is 4.98 Å². The van der Waals surface area contributed by atoms with Crippen LogP contribution in [-0.4, -0.2) is 9.97 Å². The summed E-state index contributed by atoms with van der Waals surface area (Å²) < 4.78 is 5.58. The lowest BCUT2D eigenvalue weighted by molar-refractivity contribution is 0.301. The molecule has 92 valence electrons. The van der Waals surface area contributed by atoms with E-state index >= 15 is 0 Å². The molecule has 0 spiro atoms. The molecular weight excluding hydrogens is 268 g/mol. The van der Waals surface area contributed by atoms with Gasteiger partial charge in [-0.1, -0.05) is 29.9 Å². The highest BCUT2D eigenvalue weighted by molar-refractivity contribution is 7.80. The van der Waals surface area contributed by atoms with Crippen molar-refractivity contribution in [3.63, 3.8) is 0 Å². The van der Waals surface area contributed by atoms with Gasteiger partial charge in [0.25, 0.3) is 0 Å². The summed E-state index contributed by atoms with van der Waals surface area (Å²) in [5.41, 5.74) is 7.03.